The number of methoxy groups -OCH3 is 1. The van der Waals surface area contributed by atoms with E-state index in [1.54, 1.807) is 70.2 Å². The molecule has 5 aromatic heterocycles. The minimum Gasteiger partial charge on any atom is -0.492 e. The highest BCUT2D eigenvalue weighted by atomic mass is 32.7. The molecule has 101 heavy (non-hydrogen) atoms. The molecule has 2 fully saturated rings. The zero-order valence-corrected chi connectivity index (χ0v) is 55.7. The number of halogens is 2. The van der Waals surface area contributed by atoms with Crippen LogP contribution in [-0.4, -0.2) is 172 Å². The van der Waals surface area contributed by atoms with Crippen molar-refractivity contribution in [2.24, 2.45) is 0 Å². The fourth-order valence-corrected chi connectivity index (χ4v) is 14.2. The van der Waals surface area contributed by atoms with Gasteiger partial charge in [0.2, 0.25) is 13.1 Å². The van der Waals surface area contributed by atoms with Crippen LogP contribution in [0.2, 0.25) is 0 Å². The predicted octanol–water partition coefficient (Wildman–Crippen LogP) is 8.04. The quantitative estimate of drug-likeness (QED) is 0.0134. The molecule has 0 radical (unpaired) electrons. The lowest BCUT2D eigenvalue weighted by atomic mass is 9.95. The van der Waals surface area contributed by atoms with Crippen molar-refractivity contribution >= 4 is 82.0 Å². The highest BCUT2D eigenvalue weighted by Gasteiger charge is 2.48. The number of carbonyl (C=O) groups excluding carboxylic acids is 4. The summed E-state index contributed by atoms with van der Waals surface area (Å²) < 4.78 is 88.5. The largest absolute Gasteiger partial charge is 0.492 e. The first-order valence-corrected chi connectivity index (χ1v) is 35.0. The Balaban J connectivity index is 0.555. The number of amides is 2. The van der Waals surface area contributed by atoms with Crippen molar-refractivity contribution in [2.45, 2.75) is 74.8 Å². The van der Waals surface area contributed by atoms with Gasteiger partial charge >= 0.3 is 11.9 Å². The number of para-hydroxylation sites is 1. The third-order valence-corrected chi connectivity index (χ3v) is 19.4. The Labute approximate surface area is 578 Å². The number of alkyl halides is 2. The van der Waals surface area contributed by atoms with Gasteiger partial charge in [0.25, 0.3) is 5.91 Å². The zero-order chi connectivity index (χ0) is 69.9. The molecule has 5 aromatic carbocycles. The number of fused-ring (bicyclic) bond motifs is 7. The lowest BCUT2D eigenvalue weighted by Gasteiger charge is -2.29. The second-order valence-electron chi connectivity index (χ2n) is 23.2. The fraction of sp³-hybridized carbons (Fsp3) is 0.294. The van der Waals surface area contributed by atoms with Crippen LogP contribution in [0.1, 0.15) is 57.1 Å². The monoisotopic (exact) mass is 1420 g/mol. The van der Waals surface area contributed by atoms with Crippen LogP contribution in [-0.2, 0) is 51.7 Å². The molecule has 522 valence electrons. The summed E-state index contributed by atoms with van der Waals surface area (Å²) in [6, 6.07) is 34.4. The summed E-state index contributed by atoms with van der Waals surface area (Å²) in [6.45, 7) is 0.135. The second kappa shape index (κ2) is 31.7. The number of aliphatic hydroxyl groups excluding tert-OH is 2. The molecule has 2 amide bonds. The molecule has 8 atom stereocenters. The lowest BCUT2D eigenvalue weighted by Crippen LogP contribution is -2.36. The Kier molecular flexibility index (Phi) is 21.6. The topological polar surface area (TPSA) is 348 Å². The SMILES string of the molecule is COC(=O)c1ccc(OCC(=O)NCCC(=O)N2Cc3ccccc3-c3nnn(CCOc4ccc(C(=O)Oc5ccc(CS[PH](=O)O[C@H]6[C@@H](F)[C@H](n7cnc8c(NC/C=C/CNc9ncnc%10c9ncn%10[C@@H]9O[C@H](CO)C[C@H]9F)ncnc87)O[C@@H]6CO)cc5)cc4)c3-c3ccccc32)cc1. The van der Waals surface area contributed by atoms with Gasteiger partial charge in [-0.2, -0.15) is 0 Å². The Bertz CT molecular complexity index is 4670. The van der Waals surface area contributed by atoms with E-state index in [4.69, 9.17) is 32.9 Å². The average Bonchev–Trinajstić information content (AvgIpc) is 1.71. The van der Waals surface area contributed by atoms with Gasteiger partial charge in [-0.3, -0.25) is 23.3 Å². The highest BCUT2D eigenvalue weighted by molar-refractivity contribution is 8.49. The molecule has 13 rings (SSSR count). The molecular weight excluding hydrogens is 1350 g/mol. The zero-order valence-electron chi connectivity index (χ0n) is 53.9. The molecule has 3 aliphatic heterocycles. The van der Waals surface area contributed by atoms with Gasteiger partial charge < -0.3 is 64.0 Å². The van der Waals surface area contributed by atoms with Crippen molar-refractivity contribution in [3.05, 3.63) is 181 Å². The number of nitrogens with zero attached hydrogens (tertiary/aromatic N) is 12. The van der Waals surface area contributed by atoms with Crippen molar-refractivity contribution in [3.8, 4) is 39.8 Å². The third-order valence-electron chi connectivity index (χ3n) is 16.8. The molecule has 5 N–H and O–H groups in total. The Morgan fingerprint density at radius 2 is 1.36 bits per heavy atom. The first-order valence-electron chi connectivity index (χ1n) is 32.0. The summed E-state index contributed by atoms with van der Waals surface area (Å²) in [4.78, 5) is 79.7. The Hall–Kier alpha value is -10.6. The van der Waals surface area contributed by atoms with E-state index in [1.807, 2.05) is 60.7 Å². The smallest absolute Gasteiger partial charge is 0.343 e. The van der Waals surface area contributed by atoms with E-state index in [1.165, 1.54) is 53.7 Å². The minimum atomic E-state index is -2.97. The van der Waals surface area contributed by atoms with Gasteiger partial charge in [0, 0.05) is 49.4 Å². The minimum absolute atomic E-state index is 0.00947. The maximum Gasteiger partial charge on any atom is 0.343 e. The van der Waals surface area contributed by atoms with E-state index >= 15 is 4.39 Å². The summed E-state index contributed by atoms with van der Waals surface area (Å²) >= 11 is 0.953. The van der Waals surface area contributed by atoms with Crippen molar-refractivity contribution < 1.29 is 75.7 Å². The van der Waals surface area contributed by atoms with Crippen molar-refractivity contribution in [1.29, 1.82) is 0 Å². The number of ether oxygens (including phenoxy) is 6. The number of aromatic nitrogens is 11. The highest BCUT2D eigenvalue weighted by Crippen LogP contribution is 2.48. The number of carbonyl (C=O) groups is 4. The Morgan fingerprint density at radius 1 is 0.723 bits per heavy atom. The number of nitrogens with one attached hydrogen (secondary N) is 3. The number of hydrogen-bond acceptors (Lipinski definition) is 25. The molecule has 2 saturated heterocycles. The fourth-order valence-electron chi connectivity index (χ4n) is 11.8. The van der Waals surface area contributed by atoms with Crippen LogP contribution >= 0.6 is 18.6 Å². The average molecular weight is 1420 g/mol. The molecule has 29 nitrogen and oxygen atoms in total. The van der Waals surface area contributed by atoms with Crippen molar-refractivity contribution in [1.82, 2.24) is 59.3 Å². The van der Waals surface area contributed by atoms with Crippen LogP contribution in [0.3, 0.4) is 0 Å². The van der Waals surface area contributed by atoms with Gasteiger partial charge in [0.05, 0.1) is 74.7 Å². The van der Waals surface area contributed by atoms with E-state index in [-0.39, 0.29) is 80.9 Å². The summed E-state index contributed by atoms with van der Waals surface area (Å²) in [5.41, 5.74) is 6.97. The van der Waals surface area contributed by atoms with Gasteiger partial charge in [-0.25, -0.2) is 53.0 Å². The number of anilines is 3. The van der Waals surface area contributed by atoms with Crippen LogP contribution in [0.5, 0.6) is 17.2 Å². The summed E-state index contributed by atoms with van der Waals surface area (Å²) in [5.74, 6) is 0.327. The van der Waals surface area contributed by atoms with Crippen LogP contribution in [0.4, 0.5) is 26.1 Å². The molecular formula is C68H66F2N15O14PS. The molecule has 1 unspecified atom stereocenters. The van der Waals surface area contributed by atoms with Gasteiger partial charge in [0.15, 0.2) is 59.2 Å². The van der Waals surface area contributed by atoms with Crippen LogP contribution in [0.15, 0.2) is 159 Å². The number of rotatable bonds is 28. The number of benzene rings is 5. The van der Waals surface area contributed by atoms with Gasteiger partial charge in [-0.05, 0) is 77.9 Å². The number of imidazole rings is 2. The standard InChI is InChI=1S/C68H66F2N15O14PS/c1-93-67(90)41-14-22-45(23-15-41)95-34-53(88)71-27-24-54(89)82-31-43-8-2-3-9-48(43)56-59(49-10-4-5-11-51(49)82)85(81-80-56)28-29-94-44-20-16-42(17-21-44)68(91)97-46-18-12-40(13-19-46)35-101-100(92)99-60-52(33-87)98-66(55(60)70)84-39-79-58-62(75-37-77-64(58)84)73-26-7-6-25-72-61-57-63(76-36-74-61)83(38-78-57)65-50(69)30-47(32-86)96-65/h2-23,36-39,47,50,52,55,60,65-66,86-87,100H,24-35H2,1H3,(H,71,88)(H,72,74,76)(H,73,75,77)/b7-6+/t47-,50+,52+,55+,60+,65+,66+/m0/s1. The molecule has 33 heteroatoms. The summed E-state index contributed by atoms with van der Waals surface area (Å²) in [7, 11) is -1.68. The second-order valence-corrected chi connectivity index (χ2v) is 26.4. The van der Waals surface area contributed by atoms with Crippen LogP contribution in [0.25, 0.3) is 44.8 Å². The van der Waals surface area contributed by atoms with Crippen molar-refractivity contribution in [2.75, 3.05) is 68.7 Å². The Morgan fingerprint density at radius 3 is 2.02 bits per heavy atom. The maximum absolute atomic E-state index is 16.4. The first-order chi connectivity index (χ1) is 49.3. The number of aliphatic hydroxyl groups is 2. The molecule has 10 aromatic rings. The molecule has 0 aliphatic carbocycles. The summed E-state index contributed by atoms with van der Waals surface area (Å²) in [6.07, 6.45) is 0.433. The van der Waals surface area contributed by atoms with E-state index in [0.29, 0.717) is 86.7 Å². The van der Waals surface area contributed by atoms with Gasteiger partial charge in [-0.15, -0.1) is 5.10 Å². The molecule has 0 spiro atoms. The normalized spacial score (nSPS) is 18.9. The number of esters is 2. The van der Waals surface area contributed by atoms with E-state index in [2.05, 4.69) is 56.2 Å². The van der Waals surface area contributed by atoms with E-state index in [9.17, 15) is 38.3 Å². The van der Waals surface area contributed by atoms with Crippen molar-refractivity contribution in [3.63, 3.8) is 0 Å². The van der Waals surface area contributed by atoms with Gasteiger partial charge in [-0.1, -0.05) is 83.3 Å². The lowest BCUT2D eigenvalue weighted by molar-refractivity contribution is -0.123. The maximum atomic E-state index is 16.4. The molecule has 3 aliphatic rings. The van der Waals surface area contributed by atoms with Crippen LogP contribution in [0, 0.1) is 0 Å². The third kappa shape index (κ3) is 15.6. The van der Waals surface area contributed by atoms with E-state index < -0.39 is 74.8 Å². The summed E-state index contributed by atoms with van der Waals surface area (Å²) in [5, 5.41) is 38.0. The molecule has 0 saturated carbocycles. The van der Waals surface area contributed by atoms with Gasteiger partial charge in [0.1, 0.15) is 60.6 Å². The predicted molar refractivity (Wildman–Crippen MR) is 365 cm³/mol. The molecule has 8 heterocycles. The first kappa shape index (κ1) is 68.9. The van der Waals surface area contributed by atoms with Crippen LogP contribution < -0.4 is 35.1 Å². The molecule has 0 bridgehead atoms. The van der Waals surface area contributed by atoms with E-state index in [0.717, 1.165) is 22.5 Å². The number of hydrogen-bond donors (Lipinski definition) is 5.